The number of halogens is 1. The minimum absolute atomic E-state index is 0.155. The molecule has 0 saturated carbocycles. The number of carbonyl (C=O) groups is 3. The fraction of sp³-hybridized carbons (Fsp3) is 0.464. The number of anilines is 1. The summed E-state index contributed by atoms with van der Waals surface area (Å²) in [5.74, 6) is -0.888. The van der Waals surface area contributed by atoms with Gasteiger partial charge in [0.1, 0.15) is 12.1 Å². The Hall–Kier alpha value is -3.14. The molecule has 2 aliphatic rings. The first-order valence-corrected chi connectivity index (χ1v) is 12.7. The molecule has 198 valence electrons. The van der Waals surface area contributed by atoms with Gasteiger partial charge in [0.25, 0.3) is 0 Å². The van der Waals surface area contributed by atoms with Crippen LogP contribution in [0.15, 0.2) is 36.4 Å². The Kier molecular flexibility index (Phi) is 8.68. The lowest BCUT2D eigenvalue weighted by Gasteiger charge is -2.35. The molecular formula is C28H35FN4O4. The summed E-state index contributed by atoms with van der Waals surface area (Å²) in [5, 5.41) is 5.65. The van der Waals surface area contributed by atoms with E-state index in [1.807, 2.05) is 17.0 Å². The third-order valence-corrected chi connectivity index (χ3v) is 6.98. The Bertz CT molecular complexity index is 1150. The molecule has 2 heterocycles. The molecule has 3 unspecified atom stereocenters. The summed E-state index contributed by atoms with van der Waals surface area (Å²) in [7, 11) is 1.79. The summed E-state index contributed by atoms with van der Waals surface area (Å²) < 4.78 is 20.8. The van der Waals surface area contributed by atoms with Crippen molar-refractivity contribution in [2.75, 3.05) is 25.5 Å². The van der Waals surface area contributed by atoms with E-state index >= 15 is 4.39 Å². The van der Waals surface area contributed by atoms with Crippen molar-refractivity contribution in [3.63, 3.8) is 0 Å². The van der Waals surface area contributed by atoms with Crippen LogP contribution in [-0.2, 0) is 34.0 Å². The molecule has 2 fully saturated rings. The van der Waals surface area contributed by atoms with Crippen molar-refractivity contribution in [2.45, 2.75) is 64.6 Å². The molecule has 2 aromatic rings. The molecule has 8 nitrogen and oxygen atoms in total. The van der Waals surface area contributed by atoms with E-state index in [9.17, 15) is 14.4 Å². The van der Waals surface area contributed by atoms with Crippen molar-refractivity contribution in [1.82, 2.24) is 15.1 Å². The van der Waals surface area contributed by atoms with E-state index in [1.165, 1.54) is 0 Å². The van der Waals surface area contributed by atoms with Crippen LogP contribution in [0, 0.1) is 5.82 Å². The van der Waals surface area contributed by atoms with Crippen LogP contribution in [0.5, 0.6) is 0 Å². The number of aldehydes is 1. The van der Waals surface area contributed by atoms with Gasteiger partial charge in [-0.3, -0.25) is 29.5 Å². The van der Waals surface area contributed by atoms with Crippen molar-refractivity contribution >= 4 is 23.8 Å². The summed E-state index contributed by atoms with van der Waals surface area (Å²) in [4.78, 5) is 39.7. The number of hydrogen-bond acceptors (Lipinski definition) is 7. The third kappa shape index (κ3) is 6.80. The largest absolute Gasteiger partial charge is 0.381 e. The van der Waals surface area contributed by atoms with Gasteiger partial charge in [-0.15, -0.1) is 0 Å². The number of imide groups is 1. The summed E-state index contributed by atoms with van der Waals surface area (Å²) >= 11 is 0. The lowest BCUT2D eigenvalue weighted by Crippen LogP contribution is -2.51. The molecule has 0 aromatic heterocycles. The lowest BCUT2D eigenvalue weighted by atomic mass is 10.0. The molecule has 3 atom stereocenters. The van der Waals surface area contributed by atoms with Gasteiger partial charge in [-0.1, -0.05) is 24.3 Å². The minimum atomic E-state index is -0.465. The summed E-state index contributed by atoms with van der Waals surface area (Å²) in [6, 6.07) is 10.2. The van der Waals surface area contributed by atoms with Crippen LogP contribution in [0.25, 0.3) is 0 Å². The second kappa shape index (κ2) is 11.9. The van der Waals surface area contributed by atoms with Crippen molar-refractivity contribution in [1.29, 1.82) is 0 Å². The van der Waals surface area contributed by atoms with Crippen LogP contribution < -0.4 is 10.6 Å². The molecule has 9 heteroatoms. The molecule has 0 radical (unpaired) electrons. The first kappa shape index (κ1) is 26.9. The van der Waals surface area contributed by atoms with E-state index in [0.29, 0.717) is 36.3 Å². The average Bonchev–Trinajstić information content (AvgIpc) is 2.83. The zero-order valence-corrected chi connectivity index (χ0v) is 21.6. The molecule has 37 heavy (non-hydrogen) atoms. The number of morpholine rings is 1. The second-order valence-corrected chi connectivity index (χ2v) is 10.1. The fourth-order valence-corrected chi connectivity index (χ4v) is 5.21. The van der Waals surface area contributed by atoms with Gasteiger partial charge in [0.15, 0.2) is 0 Å². The smallest absolute Gasteiger partial charge is 0.243 e. The van der Waals surface area contributed by atoms with Gasteiger partial charge in [-0.2, -0.15) is 0 Å². The van der Waals surface area contributed by atoms with Crippen LogP contribution >= 0.6 is 0 Å². The molecule has 2 saturated heterocycles. The molecule has 0 bridgehead atoms. The van der Waals surface area contributed by atoms with Gasteiger partial charge in [-0.25, -0.2) is 4.39 Å². The first-order valence-electron chi connectivity index (χ1n) is 12.7. The molecule has 2 aliphatic heterocycles. The topological polar surface area (TPSA) is 91.0 Å². The number of hydrogen-bond donors (Lipinski definition) is 2. The van der Waals surface area contributed by atoms with Crippen molar-refractivity contribution in [3.8, 4) is 0 Å². The standard InChI is InChI=1S/C28H35FN4O4/c1-18-13-33(14-19(2)37-18)15-20-7-8-21(24(29)11-20)12-30-25-6-4-5-22(17-34)23(25)16-32(3)26-9-10-27(35)31-28(26)36/h4-8,11,17-19,26,30H,9-10,12-16H2,1-3H3,(H,31,35,36). The number of benzene rings is 2. The Balaban J connectivity index is 1.43. The maximum absolute atomic E-state index is 15.0. The third-order valence-electron chi connectivity index (χ3n) is 6.98. The molecule has 0 aliphatic carbocycles. The van der Waals surface area contributed by atoms with Crippen molar-refractivity contribution in [2.24, 2.45) is 0 Å². The number of amides is 2. The molecule has 2 amide bonds. The fourth-order valence-electron chi connectivity index (χ4n) is 5.21. The second-order valence-electron chi connectivity index (χ2n) is 10.1. The SMILES string of the molecule is CC1CN(Cc2ccc(CNc3cccc(C=O)c3CN(C)C3CCC(=O)NC3=O)c(F)c2)CC(C)O1. The number of carbonyl (C=O) groups excluding carboxylic acids is 3. The molecule has 2 N–H and O–H groups in total. The highest BCUT2D eigenvalue weighted by Crippen LogP contribution is 2.25. The van der Waals surface area contributed by atoms with E-state index in [2.05, 4.69) is 29.4 Å². The van der Waals surface area contributed by atoms with Crippen LogP contribution in [0.1, 0.15) is 53.7 Å². The predicted molar refractivity (Wildman–Crippen MR) is 138 cm³/mol. The Morgan fingerprint density at radius 2 is 1.95 bits per heavy atom. The molecule has 2 aromatic carbocycles. The van der Waals surface area contributed by atoms with Crippen LogP contribution in [0.3, 0.4) is 0 Å². The van der Waals surface area contributed by atoms with Crippen LogP contribution in [-0.4, -0.2) is 66.3 Å². The number of nitrogens with one attached hydrogen (secondary N) is 2. The van der Waals surface area contributed by atoms with Crippen molar-refractivity contribution < 1.29 is 23.5 Å². The Morgan fingerprint density at radius 3 is 2.62 bits per heavy atom. The quantitative estimate of drug-likeness (QED) is 0.396. The number of ether oxygens (including phenoxy) is 1. The highest BCUT2D eigenvalue weighted by Gasteiger charge is 2.30. The van der Waals surface area contributed by atoms with Gasteiger partial charge in [0.05, 0.1) is 18.2 Å². The van der Waals surface area contributed by atoms with Gasteiger partial charge in [-0.05, 0) is 50.6 Å². The average molecular weight is 511 g/mol. The van der Waals surface area contributed by atoms with Crippen molar-refractivity contribution in [3.05, 3.63) is 64.5 Å². The van der Waals surface area contributed by atoms with Gasteiger partial charge >= 0.3 is 0 Å². The normalized spacial score (nSPS) is 22.7. The number of likely N-dealkylation sites (N-methyl/N-ethyl adjacent to an activating group) is 1. The van der Waals surface area contributed by atoms with Crippen LogP contribution in [0.4, 0.5) is 10.1 Å². The maximum atomic E-state index is 15.0. The molecule has 0 spiro atoms. The van der Waals surface area contributed by atoms with E-state index in [4.69, 9.17) is 4.74 Å². The minimum Gasteiger partial charge on any atom is -0.381 e. The van der Waals surface area contributed by atoms with E-state index in [-0.39, 0.29) is 42.8 Å². The number of rotatable bonds is 9. The zero-order valence-electron chi connectivity index (χ0n) is 21.6. The zero-order chi connectivity index (χ0) is 26.5. The lowest BCUT2D eigenvalue weighted by molar-refractivity contribution is -0.137. The number of nitrogens with zero attached hydrogens (tertiary/aromatic N) is 2. The van der Waals surface area contributed by atoms with E-state index in [1.54, 1.807) is 31.3 Å². The van der Waals surface area contributed by atoms with Gasteiger partial charge < -0.3 is 10.1 Å². The highest BCUT2D eigenvalue weighted by molar-refractivity contribution is 6.00. The van der Waals surface area contributed by atoms with Gasteiger partial charge in [0.2, 0.25) is 11.8 Å². The Morgan fingerprint density at radius 1 is 1.19 bits per heavy atom. The first-order chi connectivity index (χ1) is 17.7. The van der Waals surface area contributed by atoms with E-state index in [0.717, 1.165) is 30.5 Å². The molecule has 4 rings (SSSR count). The monoisotopic (exact) mass is 510 g/mol. The number of piperidine rings is 1. The van der Waals surface area contributed by atoms with Crippen LogP contribution in [0.2, 0.25) is 0 Å². The summed E-state index contributed by atoms with van der Waals surface area (Å²) in [6.45, 7) is 6.97. The highest BCUT2D eigenvalue weighted by atomic mass is 19.1. The van der Waals surface area contributed by atoms with Gasteiger partial charge in [0, 0.05) is 56.0 Å². The summed E-state index contributed by atoms with van der Waals surface area (Å²) in [5.41, 5.74) is 3.35. The predicted octanol–water partition coefficient (Wildman–Crippen LogP) is 3.10. The maximum Gasteiger partial charge on any atom is 0.243 e. The van der Waals surface area contributed by atoms with E-state index < -0.39 is 6.04 Å². The summed E-state index contributed by atoms with van der Waals surface area (Å²) in [6.07, 6.45) is 1.79. The Labute approximate surface area is 217 Å². The molecular weight excluding hydrogens is 475 g/mol.